The predicted molar refractivity (Wildman–Crippen MR) is 110 cm³/mol. The number of nitrogens with zero attached hydrogens (tertiary/aromatic N) is 1. The molecular formula is C23H20N2O4. The lowest BCUT2D eigenvalue weighted by Crippen LogP contribution is -2.30. The van der Waals surface area contributed by atoms with Crippen LogP contribution in [0.1, 0.15) is 11.1 Å². The second-order valence-corrected chi connectivity index (χ2v) is 6.62. The Labute approximate surface area is 167 Å². The minimum atomic E-state index is -0.544. The van der Waals surface area contributed by atoms with Gasteiger partial charge in [-0.05, 0) is 35.4 Å². The quantitative estimate of drug-likeness (QED) is 0.526. The standard InChI is InChI=1S/C23H20N2O4/c26-22(15-25-20-11-4-5-12-21(20)29-23(25)27)24-14-18-9-6-10-19(13-18)28-16-17-7-2-1-3-8-17/h1-13H,14-16H2,(H,24,26). The van der Waals surface area contributed by atoms with E-state index in [0.29, 0.717) is 24.3 Å². The zero-order valence-corrected chi connectivity index (χ0v) is 15.7. The van der Waals surface area contributed by atoms with Crippen molar-refractivity contribution in [2.75, 3.05) is 0 Å². The highest BCUT2D eigenvalue weighted by molar-refractivity contribution is 5.79. The number of fused-ring (bicyclic) bond motifs is 1. The molecule has 1 amide bonds. The zero-order chi connectivity index (χ0) is 20.1. The Morgan fingerprint density at radius 2 is 1.69 bits per heavy atom. The third kappa shape index (κ3) is 4.55. The van der Waals surface area contributed by atoms with Crippen molar-refractivity contribution in [2.45, 2.75) is 19.7 Å². The van der Waals surface area contributed by atoms with Crippen molar-refractivity contribution in [1.29, 1.82) is 0 Å². The van der Waals surface area contributed by atoms with Gasteiger partial charge in [-0.3, -0.25) is 9.36 Å². The molecule has 4 aromatic rings. The highest BCUT2D eigenvalue weighted by Crippen LogP contribution is 2.15. The Morgan fingerprint density at radius 3 is 2.55 bits per heavy atom. The fourth-order valence-corrected chi connectivity index (χ4v) is 3.05. The number of oxazole rings is 1. The number of carbonyl (C=O) groups is 1. The van der Waals surface area contributed by atoms with Crippen LogP contribution in [0.3, 0.4) is 0 Å². The third-order valence-electron chi connectivity index (χ3n) is 4.51. The average Bonchev–Trinajstić information content (AvgIpc) is 3.07. The SMILES string of the molecule is O=C(Cn1c(=O)oc2ccccc21)NCc1cccc(OCc2ccccc2)c1. The lowest BCUT2D eigenvalue weighted by atomic mass is 10.2. The van der Waals surface area contributed by atoms with E-state index < -0.39 is 5.76 Å². The van der Waals surface area contributed by atoms with Gasteiger partial charge >= 0.3 is 5.76 Å². The number of aromatic nitrogens is 1. The predicted octanol–water partition coefficient (Wildman–Crippen LogP) is 3.49. The summed E-state index contributed by atoms with van der Waals surface area (Å²) >= 11 is 0. The first-order chi connectivity index (χ1) is 14.2. The molecular weight excluding hydrogens is 368 g/mol. The zero-order valence-electron chi connectivity index (χ0n) is 15.7. The highest BCUT2D eigenvalue weighted by Gasteiger charge is 2.12. The summed E-state index contributed by atoms with van der Waals surface area (Å²) < 4.78 is 12.3. The Bertz CT molecular complexity index is 1180. The summed E-state index contributed by atoms with van der Waals surface area (Å²) in [4.78, 5) is 24.3. The molecule has 0 saturated carbocycles. The first-order valence-electron chi connectivity index (χ1n) is 9.30. The van der Waals surface area contributed by atoms with Gasteiger partial charge in [0.2, 0.25) is 5.91 Å². The van der Waals surface area contributed by atoms with E-state index in [9.17, 15) is 9.59 Å². The van der Waals surface area contributed by atoms with Crippen LogP contribution in [0.15, 0.2) is 88.1 Å². The normalized spacial score (nSPS) is 10.8. The summed E-state index contributed by atoms with van der Waals surface area (Å²) in [5, 5.41) is 2.83. The first kappa shape index (κ1) is 18.6. The van der Waals surface area contributed by atoms with Crippen molar-refractivity contribution in [1.82, 2.24) is 9.88 Å². The van der Waals surface area contributed by atoms with Crippen LogP contribution in [0, 0.1) is 0 Å². The summed E-state index contributed by atoms with van der Waals surface area (Å²) in [6.07, 6.45) is 0. The summed E-state index contributed by atoms with van der Waals surface area (Å²) in [5.74, 6) is -0.0791. The molecule has 0 spiro atoms. The molecule has 1 heterocycles. The Balaban J connectivity index is 1.35. The van der Waals surface area contributed by atoms with Crippen molar-refractivity contribution < 1.29 is 13.9 Å². The smallest absolute Gasteiger partial charge is 0.420 e. The number of hydrogen-bond acceptors (Lipinski definition) is 4. The summed E-state index contributed by atoms with van der Waals surface area (Å²) in [6, 6.07) is 24.5. The number of amides is 1. The minimum Gasteiger partial charge on any atom is -0.489 e. The molecule has 146 valence electrons. The van der Waals surface area contributed by atoms with Crippen LogP contribution in [0.4, 0.5) is 0 Å². The fourth-order valence-electron chi connectivity index (χ4n) is 3.05. The van der Waals surface area contributed by atoms with Gasteiger partial charge in [-0.1, -0.05) is 54.6 Å². The number of ether oxygens (including phenoxy) is 1. The van der Waals surface area contributed by atoms with Crippen LogP contribution in [0.2, 0.25) is 0 Å². The summed E-state index contributed by atoms with van der Waals surface area (Å²) in [5.41, 5.74) is 3.06. The second kappa shape index (κ2) is 8.48. The van der Waals surface area contributed by atoms with Crippen LogP contribution in [0.25, 0.3) is 11.1 Å². The van der Waals surface area contributed by atoms with Crippen molar-refractivity contribution in [3.63, 3.8) is 0 Å². The van der Waals surface area contributed by atoms with E-state index in [1.807, 2.05) is 54.6 Å². The molecule has 3 aromatic carbocycles. The van der Waals surface area contributed by atoms with Crippen molar-refractivity contribution >= 4 is 17.0 Å². The van der Waals surface area contributed by atoms with E-state index in [1.54, 1.807) is 24.3 Å². The fraction of sp³-hybridized carbons (Fsp3) is 0.130. The van der Waals surface area contributed by atoms with E-state index in [0.717, 1.165) is 16.9 Å². The van der Waals surface area contributed by atoms with E-state index in [4.69, 9.17) is 9.15 Å². The molecule has 0 atom stereocenters. The van der Waals surface area contributed by atoms with Crippen molar-refractivity contribution in [3.05, 3.63) is 101 Å². The molecule has 6 heteroatoms. The summed E-state index contributed by atoms with van der Waals surface area (Å²) in [7, 11) is 0. The Kier molecular flexibility index (Phi) is 5.42. The van der Waals surface area contributed by atoms with Crippen molar-refractivity contribution in [3.8, 4) is 5.75 Å². The number of carbonyl (C=O) groups excluding carboxylic acids is 1. The van der Waals surface area contributed by atoms with Crippen LogP contribution < -0.4 is 15.8 Å². The molecule has 0 aliphatic rings. The molecule has 0 saturated heterocycles. The van der Waals surface area contributed by atoms with E-state index in [2.05, 4.69) is 5.32 Å². The maximum absolute atomic E-state index is 12.3. The Morgan fingerprint density at radius 1 is 0.931 bits per heavy atom. The molecule has 1 aromatic heterocycles. The van der Waals surface area contributed by atoms with Crippen LogP contribution in [0.5, 0.6) is 5.75 Å². The largest absolute Gasteiger partial charge is 0.489 e. The number of para-hydroxylation sites is 2. The van der Waals surface area contributed by atoms with E-state index in [-0.39, 0.29) is 12.5 Å². The van der Waals surface area contributed by atoms with E-state index >= 15 is 0 Å². The van der Waals surface area contributed by atoms with Gasteiger partial charge in [0.05, 0.1) is 5.52 Å². The lowest BCUT2D eigenvalue weighted by molar-refractivity contribution is -0.121. The number of hydrogen-bond donors (Lipinski definition) is 1. The molecule has 0 aliphatic heterocycles. The van der Waals surface area contributed by atoms with Crippen LogP contribution in [-0.4, -0.2) is 10.5 Å². The van der Waals surface area contributed by atoms with Gasteiger partial charge in [-0.2, -0.15) is 0 Å². The van der Waals surface area contributed by atoms with Gasteiger partial charge in [-0.25, -0.2) is 4.79 Å². The molecule has 6 nitrogen and oxygen atoms in total. The maximum Gasteiger partial charge on any atom is 0.420 e. The second-order valence-electron chi connectivity index (χ2n) is 6.62. The number of benzene rings is 3. The van der Waals surface area contributed by atoms with Gasteiger partial charge in [-0.15, -0.1) is 0 Å². The molecule has 0 unspecified atom stereocenters. The molecule has 0 fully saturated rings. The summed E-state index contributed by atoms with van der Waals surface area (Å²) in [6.45, 7) is 0.721. The number of nitrogens with one attached hydrogen (secondary N) is 1. The topological polar surface area (TPSA) is 73.5 Å². The Hall–Kier alpha value is -3.80. The van der Waals surface area contributed by atoms with Crippen LogP contribution in [-0.2, 0) is 24.5 Å². The van der Waals surface area contributed by atoms with Gasteiger partial charge in [0.1, 0.15) is 18.9 Å². The third-order valence-corrected chi connectivity index (χ3v) is 4.51. The van der Waals surface area contributed by atoms with Gasteiger partial charge in [0, 0.05) is 6.54 Å². The molecule has 0 radical (unpaired) electrons. The number of rotatable bonds is 7. The molecule has 0 aliphatic carbocycles. The molecule has 0 bridgehead atoms. The molecule has 4 rings (SSSR count). The minimum absolute atomic E-state index is 0.0972. The average molecular weight is 388 g/mol. The lowest BCUT2D eigenvalue weighted by Gasteiger charge is -2.09. The van der Waals surface area contributed by atoms with E-state index in [1.165, 1.54) is 4.57 Å². The van der Waals surface area contributed by atoms with Gasteiger partial charge in [0.15, 0.2) is 5.58 Å². The highest BCUT2D eigenvalue weighted by atomic mass is 16.5. The maximum atomic E-state index is 12.3. The first-order valence-corrected chi connectivity index (χ1v) is 9.30. The van der Waals surface area contributed by atoms with Crippen LogP contribution >= 0.6 is 0 Å². The monoisotopic (exact) mass is 388 g/mol. The van der Waals surface area contributed by atoms with Crippen molar-refractivity contribution in [2.24, 2.45) is 0 Å². The molecule has 29 heavy (non-hydrogen) atoms. The van der Waals surface area contributed by atoms with Gasteiger partial charge in [0.25, 0.3) is 0 Å². The van der Waals surface area contributed by atoms with Gasteiger partial charge < -0.3 is 14.5 Å². The molecule has 1 N–H and O–H groups in total.